The van der Waals surface area contributed by atoms with E-state index >= 15 is 0 Å². The van der Waals surface area contributed by atoms with Crippen LogP contribution in [0.3, 0.4) is 0 Å². The monoisotopic (exact) mass is 290 g/mol. The van der Waals surface area contributed by atoms with Crippen molar-refractivity contribution in [2.24, 2.45) is 0 Å². The SMILES string of the molecule is CCC1CCCCN1c1nccc(C(=O)N(CC)CC)n1. The van der Waals surface area contributed by atoms with E-state index in [0.717, 1.165) is 13.0 Å². The lowest BCUT2D eigenvalue weighted by molar-refractivity contribution is 0.0767. The maximum atomic E-state index is 12.4. The van der Waals surface area contributed by atoms with Gasteiger partial charge < -0.3 is 9.80 Å². The van der Waals surface area contributed by atoms with Crippen LogP contribution in [-0.4, -0.2) is 46.5 Å². The number of rotatable bonds is 5. The molecule has 0 aliphatic carbocycles. The Morgan fingerprint density at radius 3 is 2.76 bits per heavy atom. The van der Waals surface area contributed by atoms with E-state index in [2.05, 4.69) is 21.8 Å². The minimum atomic E-state index is -0.00583. The third-order valence-corrected chi connectivity index (χ3v) is 4.27. The van der Waals surface area contributed by atoms with Crippen LogP contribution in [0.2, 0.25) is 0 Å². The standard InChI is InChI=1S/C16H26N4O/c1-4-13-9-7-8-12-20(13)16-17-11-10-14(18-16)15(21)19(5-2)6-3/h10-11,13H,4-9,12H2,1-3H3. The van der Waals surface area contributed by atoms with Gasteiger partial charge in [-0.25, -0.2) is 9.97 Å². The van der Waals surface area contributed by atoms with Crippen LogP contribution >= 0.6 is 0 Å². The molecule has 2 heterocycles. The molecular weight excluding hydrogens is 264 g/mol. The average molecular weight is 290 g/mol. The van der Waals surface area contributed by atoms with E-state index in [1.807, 2.05) is 13.8 Å². The van der Waals surface area contributed by atoms with Gasteiger partial charge >= 0.3 is 0 Å². The molecule has 1 saturated heterocycles. The van der Waals surface area contributed by atoms with E-state index in [1.54, 1.807) is 17.2 Å². The highest BCUT2D eigenvalue weighted by molar-refractivity contribution is 5.92. The van der Waals surface area contributed by atoms with Gasteiger partial charge in [-0.3, -0.25) is 4.79 Å². The highest BCUT2D eigenvalue weighted by Gasteiger charge is 2.24. The van der Waals surface area contributed by atoms with E-state index < -0.39 is 0 Å². The van der Waals surface area contributed by atoms with Gasteiger partial charge in [-0.1, -0.05) is 6.92 Å². The Bertz CT molecular complexity index is 473. The largest absolute Gasteiger partial charge is 0.338 e. The number of carbonyl (C=O) groups excluding carboxylic acids is 1. The molecule has 0 N–H and O–H groups in total. The first kappa shape index (κ1) is 15.7. The van der Waals surface area contributed by atoms with Crippen molar-refractivity contribution >= 4 is 11.9 Å². The summed E-state index contributed by atoms with van der Waals surface area (Å²) in [7, 11) is 0. The molecule has 1 fully saturated rings. The molecule has 0 spiro atoms. The third-order valence-electron chi connectivity index (χ3n) is 4.27. The molecule has 1 atom stereocenters. The predicted octanol–water partition coefficient (Wildman–Crippen LogP) is 2.73. The molecule has 1 aliphatic heterocycles. The molecule has 0 saturated carbocycles. The van der Waals surface area contributed by atoms with Crippen LogP contribution in [0.4, 0.5) is 5.95 Å². The normalized spacial score (nSPS) is 18.6. The second-order valence-electron chi connectivity index (χ2n) is 5.47. The van der Waals surface area contributed by atoms with E-state index in [4.69, 9.17) is 0 Å². The third kappa shape index (κ3) is 3.52. The number of aromatic nitrogens is 2. The maximum Gasteiger partial charge on any atom is 0.272 e. The van der Waals surface area contributed by atoms with Crippen molar-refractivity contribution in [3.63, 3.8) is 0 Å². The van der Waals surface area contributed by atoms with Crippen LogP contribution in [0.25, 0.3) is 0 Å². The van der Waals surface area contributed by atoms with Gasteiger partial charge in [0.1, 0.15) is 5.69 Å². The van der Waals surface area contributed by atoms with Crippen LogP contribution in [0, 0.1) is 0 Å². The Balaban J connectivity index is 2.22. The summed E-state index contributed by atoms with van der Waals surface area (Å²) in [5, 5.41) is 0. The maximum absolute atomic E-state index is 12.4. The molecule has 1 unspecified atom stereocenters. The van der Waals surface area contributed by atoms with Crippen molar-refractivity contribution in [3.05, 3.63) is 18.0 Å². The van der Waals surface area contributed by atoms with Crippen LogP contribution in [0.1, 0.15) is 56.9 Å². The summed E-state index contributed by atoms with van der Waals surface area (Å²) < 4.78 is 0. The van der Waals surface area contributed by atoms with Crippen LogP contribution in [0.5, 0.6) is 0 Å². The highest BCUT2D eigenvalue weighted by atomic mass is 16.2. The molecule has 1 aromatic rings. The molecule has 116 valence electrons. The lowest BCUT2D eigenvalue weighted by Crippen LogP contribution is -2.40. The van der Waals surface area contributed by atoms with Gasteiger partial charge in [-0.15, -0.1) is 0 Å². The Kier molecular flexibility index (Phi) is 5.53. The predicted molar refractivity (Wildman–Crippen MR) is 84.6 cm³/mol. The van der Waals surface area contributed by atoms with Gasteiger partial charge in [0, 0.05) is 31.9 Å². The first-order valence-electron chi connectivity index (χ1n) is 8.10. The van der Waals surface area contributed by atoms with Crippen molar-refractivity contribution in [3.8, 4) is 0 Å². The summed E-state index contributed by atoms with van der Waals surface area (Å²) >= 11 is 0. The number of hydrogen-bond donors (Lipinski definition) is 0. The minimum absolute atomic E-state index is 0.00583. The quantitative estimate of drug-likeness (QED) is 0.836. The second-order valence-corrected chi connectivity index (χ2v) is 5.47. The van der Waals surface area contributed by atoms with Crippen molar-refractivity contribution in [2.45, 2.75) is 52.5 Å². The first-order chi connectivity index (χ1) is 10.2. The molecule has 2 rings (SSSR count). The fourth-order valence-corrected chi connectivity index (χ4v) is 2.97. The summed E-state index contributed by atoms with van der Waals surface area (Å²) in [5.41, 5.74) is 0.504. The topological polar surface area (TPSA) is 49.3 Å². The number of nitrogens with zero attached hydrogens (tertiary/aromatic N) is 4. The average Bonchev–Trinajstić information content (AvgIpc) is 2.56. The molecule has 1 aliphatic rings. The van der Waals surface area contributed by atoms with Gasteiger partial charge in [0.2, 0.25) is 5.95 Å². The number of carbonyl (C=O) groups is 1. The number of hydrogen-bond acceptors (Lipinski definition) is 4. The van der Waals surface area contributed by atoms with Crippen molar-refractivity contribution < 1.29 is 4.79 Å². The summed E-state index contributed by atoms with van der Waals surface area (Å²) in [6.45, 7) is 8.57. The molecule has 0 radical (unpaired) electrons. The second kappa shape index (κ2) is 7.38. The molecule has 0 aromatic carbocycles. The molecule has 5 heteroatoms. The minimum Gasteiger partial charge on any atom is -0.338 e. The molecule has 1 amide bonds. The Hall–Kier alpha value is -1.65. The van der Waals surface area contributed by atoms with Gasteiger partial charge in [0.05, 0.1) is 0 Å². The lowest BCUT2D eigenvalue weighted by Gasteiger charge is -2.35. The first-order valence-corrected chi connectivity index (χ1v) is 8.10. The zero-order valence-electron chi connectivity index (χ0n) is 13.4. The summed E-state index contributed by atoms with van der Waals surface area (Å²) in [5.74, 6) is 0.702. The Morgan fingerprint density at radius 2 is 2.10 bits per heavy atom. The van der Waals surface area contributed by atoms with Crippen molar-refractivity contribution in [1.82, 2.24) is 14.9 Å². The van der Waals surface area contributed by atoms with Gasteiger partial charge in [0.15, 0.2) is 0 Å². The van der Waals surface area contributed by atoms with E-state index in [9.17, 15) is 4.79 Å². The number of piperidine rings is 1. The number of amides is 1. The zero-order chi connectivity index (χ0) is 15.2. The Labute approximate surface area is 127 Å². The molecule has 21 heavy (non-hydrogen) atoms. The van der Waals surface area contributed by atoms with E-state index in [0.29, 0.717) is 30.8 Å². The van der Waals surface area contributed by atoms with E-state index in [1.165, 1.54) is 19.3 Å². The molecular formula is C16H26N4O. The summed E-state index contributed by atoms with van der Waals surface area (Å²) in [4.78, 5) is 25.4. The van der Waals surface area contributed by atoms with Crippen molar-refractivity contribution in [2.75, 3.05) is 24.5 Å². The Morgan fingerprint density at radius 1 is 1.33 bits per heavy atom. The lowest BCUT2D eigenvalue weighted by atomic mass is 10.0. The smallest absolute Gasteiger partial charge is 0.272 e. The molecule has 1 aromatic heterocycles. The number of anilines is 1. The van der Waals surface area contributed by atoms with Crippen LogP contribution < -0.4 is 4.90 Å². The molecule has 0 bridgehead atoms. The van der Waals surface area contributed by atoms with Crippen LogP contribution in [0.15, 0.2) is 12.3 Å². The highest BCUT2D eigenvalue weighted by Crippen LogP contribution is 2.23. The summed E-state index contributed by atoms with van der Waals surface area (Å²) in [6, 6.07) is 2.22. The van der Waals surface area contributed by atoms with Gasteiger partial charge in [-0.2, -0.15) is 0 Å². The van der Waals surface area contributed by atoms with Crippen LogP contribution in [-0.2, 0) is 0 Å². The zero-order valence-corrected chi connectivity index (χ0v) is 13.4. The van der Waals surface area contributed by atoms with Gasteiger partial charge in [-0.05, 0) is 45.6 Å². The fourth-order valence-electron chi connectivity index (χ4n) is 2.97. The van der Waals surface area contributed by atoms with E-state index in [-0.39, 0.29) is 5.91 Å². The van der Waals surface area contributed by atoms with Gasteiger partial charge in [0.25, 0.3) is 5.91 Å². The fraction of sp³-hybridized carbons (Fsp3) is 0.688. The molecule has 5 nitrogen and oxygen atoms in total. The van der Waals surface area contributed by atoms with Crippen molar-refractivity contribution in [1.29, 1.82) is 0 Å². The summed E-state index contributed by atoms with van der Waals surface area (Å²) in [6.07, 6.45) is 6.44.